The molecule has 0 aliphatic rings. The third-order valence-electron chi connectivity index (χ3n) is 3.36. The van der Waals surface area contributed by atoms with Crippen LogP contribution in [0.4, 0.5) is 11.4 Å². The molecule has 2 aromatic carbocycles. The standard InChI is InChI=1S/C15H12N6O4/c1-25-14-6-5-12(21(23)24)8-13(14)15(22)17-10-3-2-4-11(7-10)20-9-16-18-19-20/h2-9H,1H3,(H,17,22). The van der Waals surface area contributed by atoms with Crippen molar-refractivity contribution in [2.24, 2.45) is 0 Å². The third kappa shape index (κ3) is 3.42. The number of benzene rings is 2. The van der Waals surface area contributed by atoms with Crippen molar-refractivity contribution < 1.29 is 14.5 Å². The lowest BCUT2D eigenvalue weighted by molar-refractivity contribution is -0.384. The Morgan fingerprint density at radius 1 is 1.28 bits per heavy atom. The number of non-ortho nitro benzene ring substituents is 1. The molecule has 10 nitrogen and oxygen atoms in total. The van der Waals surface area contributed by atoms with Gasteiger partial charge in [0.05, 0.1) is 23.3 Å². The largest absolute Gasteiger partial charge is 0.496 e. The number of nitrogens with one attached hydrogen (secondary N) is 1. The zero-order chi connectivity index (χ0) is 17.8. The van der Waals surface area contributed by atoms with Gasteiger partial charge in [-0.25, -0.2) is 4.68 Å². The third-order valence-corrected chi connectivity index (χ3v) is 3.36. The normalized spacial score (nSPS) is 10.3. The molecule has 126 valence electrons. The number of hydrogen-bond donors (Lipinski definition) is 1. The minimum absolute atomic E-state index is 0.0597. The number of aromatic nitrogens is 4. The van der Waals surface area contributed by atoms with E-state index >= 15 is 0 Å². The number of rotatable bonds is 5. The van der Waals surface area contributed by atoms with E-state index in [2.05, 4.69) is 20.8 Å². The molecule has 25 heavy (non-hydrogen) atoms. The fourth-order valence-electron chi connectivity index (χ4n) is 2.19. The summed E-state index contributed by atoms with van der Waals surface area (Å²) in [5, 5.41) is 24.5. The second-order valence-corrected chi connectivity index (χ2v) is 4.90. The topological polar surface area (TPSA) is 125 Å². The molecule has 0 atom stereocenters. The summed E-state index contributed by atoms with van der Waals surface area (Å²) in [6.45, 7) is 0. The molecule has 0 saturated carbocycles. The SMILES string of the molecule is COc1ccc([N+](=O)[O-])cc1C(=O)Nc1cccc(-n2cnnn2)c1. The number of tetrazole rings is 1. The molecule has 0 bridgehead atoms. The lowest BCUT2D eigenvalue weighted by Gasteiger charge is -2.10. The van der Waals surface area contributed by atoms with Crippen LogP contribution in [-0.2, 0) is 0 Å². The maximum absolute atomic E-state index is 12.5. The van der Waals surface area contributed by atoms with Crippen LogP contribution in [0.15, 0.2) is 48.8 Å². The van der Waals surface area contributed by atoms with E-state index in [1.165, 1.54) is 36.3 Å². The molecule has 0 aliphatic carbocycles. The van der Waals surface area contributed by atoms with Crippen molar-refractivity contribution in [1.82, 2.24) is 20.2 Å². The van der Waals surface area contributed by atoms with Crippen LogP contribution in [-0.4, -0.2) is 38.1 Å². The number of amides is 1. The molecule has 10 heteroatoms. The average Bonchev–Trinajstić information content (AvgIpc) is 3.16. The van der Waals surface area contributed by atoms with E-state index in [1.54, 1.807) is 24.3 Å². The molecule has 1 aromatic heterocycles. The molecular weight excluding hydrogens is 328 g/mol. The molecule has 3 rings (SSSR count). The Hall–Kier alpha value is -3.82. The Labute approximate surface area is 141 Å². The van der Waals surface area contributed by atoms with E-state index < -0.39 is 10.8 Å². The van der Waals surface area contributed by atoms with Crippen LogP contribution in [0.25, 0.3) is 5.69 Å². The maximum Gasteiger partial charge on any atom is 0.270 e. The van der Waals surface area contributed by atoms with Gasteiger partial charge in [-0.15, -0.1) is 5.10 Å². The first-order chi connectivity index (χ1) is 12.1. The van der Waals surface area contributed by atoms with Crippen molar-refractivity contribution in [1.29, 1.82) is 0 Å². The van der Waals surface area contributed by atoms with E-state index in [0.717, 1.165) is 0 Å². The maximum atomic E-state index is 12.5. The van der Waals surface area contributed by atoms with E-state index in [-0.39, 0.29) is 17.0 Å². The van der Waals surface area contributed by atoms with Crippen molar-refractivity contribution in [3.8, 4) is 11.4 Å². The monoisotopic (exact) mass is 340 g/mol. The van der Waals surface area contributed by atoms with Crippen molar-refractivity contribution in [3.05, 3.63) is 64.5 Å². The second kappa shape index (κ2) is 6.74. The smallest absolute Gasteiger partial charge is 0.270 e. The Kier molecular flexibility index (Phi) is 4.33. The number of nitro groups is 1. The molecule has 1 amide bonds. The number of anilines is 1. The summed E-state index contributed by atoms with van der Waals surface area (Å²) < 4.78 is 6.54. The van der Waals surface area contributed by atoms with Crippen LogP contribution in [0.1, 0.15) is 10.4 Å². The summed E-state index contributed by atoms with van der Waals surface area (Å²) in [5.41, 5.74) is 0.985. The molecule has 0 fully saturated rings. The van der Waals surface area contributed by atoms with Gasteiger partial charge in [0.25, 0.3) is 11.6 Å². The quantitative estimate of drug-likeness (QED) is 0.555. The Balaban J connectivity index is 1.89. The summed E-state index contributed by atoms with van der Waals surface area (Å²) in [7, 11) is 1.39. The van der Waals surface area contributed by atoms with Crippen molar-refractivity contribution in [3.63, 3.8) is 0 Å². The highest BCUT2D eigenvalue weighted by Gasteiger charge is 2.17. The Morgan fingerprint density at radius 3 is 2.80 bits per heavy atom. The van der Waals surface area contributed by atoms with E-state index in [0.29, 0.717) is 11.4 Å². The lowest BCUT2D eigenvalue weighted by Crippen LogP contribution is -2.14. The van der Waals surface area contributed by atoms with E-state index in [9.17, 15) is 14.9 Å². The molecule has 0 spiro atoms. The van der Waals surface area contributed by atoms with Gasteiger partial charge in [-0.1, -0.05) is 6.07 Å². The van der Waals surface area contributed by atoms with Crippen molar-refractivity contribution in [2.75, 3.05) is 12.4 Å². The summed E-state index contributed by atoms with van der Waals surface area (Å²) in [4.78, 5) is 22.9. The summed E-state index contributed by atoms with van der Waals surface area (Å²) in [5.74, 6) is -0.297. The number of carbonyl (C=O) groups excluding carboxylic acids is 1. The van der Waals surface area contributed by atoms with Crippen LogP contribution >= 0.6 is 0 Å². The van der Waals surface area contributed by atoms with Gasteiger partial charge < -0.3 is 10.1 Å². The highest BCUT2D eigenvalue weighted by molar-refractivity contribution is 6.06. The number of nitrogens with zero attached hydrogens (tertiary/aromatic N) is 5. The zero-order valence-corrected chi connectivity index (χ0v) is 13.0. The van der Waals surface area contributed by atoms with Crippen LogP contribution in [0.5, 0.6) is 5.75 Å². The van der Waals surface area contributed by atoms with Gasteiger partial charge in [0.2, 0.25) is 0 Å². The molecule has 1 heterocycles. The van der Waals surface area contributed by atoms with Gasteiger partial charge >= 0.3 is 0 Å². The molecule has 0 aliphatic heterocycles. The summed E-state index contributed by atoms with van der Waals surface area (Å²) >= 11 is 0. The molecule has 0 radical (unpaired) electrons. The van der Waals surface area contributed by atoms with Gasteiger partial charge in [0.15, 0.2) is 0 Å². The molecular formula is C15H12N6O4. The highest BCUT2D eigenvalue weighted by atomic mass is 16.6. The van der Waals surface area contributed by atoms with Crippen LogP contribution < -0.4 is 10.1 Å². The van der Waals surface area contributed by atoms with Gasteiger partial charge in [-0.2, -0.15) is 0 Å². The minimum Gasteiger partial charge on any atom is -0.496 e. The number of ether oxygens (including phenoxy) is 1. The van der Waals surface area contributed by atoms with Crippen molar-refractivity contribution >= 4 is 17.3 Å². The van der Waals surface area contributed by atoms with Crippen molar-refractivity contribution in [2.45, 2.75) is 0 Å². The number of carbonyl (C=O) groups is 1. The molecule has 0 unspecified atom stereocenters. The highest BCUT2D eigenvalue weighted by Crippen LogP contribution is 2.25. The average molecular weight is 340 g/mol. The second-order valence-electron chi connectivity index (χ2n) is 4.90. The fourth-order valence-corrected chi connectivity index (χ4v) is 2.19. The first-order valence-electron chi connectivity index (χ1n) is 7.05. The first-order valence-corrected chi connectivity index (χ1v) is 7.05. The van der Waals surface area contributed by atoms with Crippen LogP contribution in [0.2, 0.25) is 0 Å². The minimum atomic E-state index is -0.575. The van der Waals surface area contributed by atoms with Gasteiger partial charge in [-0.05, 0) is 34.7 Å². The first kappa shape index (κ1) is 16.1. The van der Waals surface area contributed by atoms with Gasteiger partial charge in [0, 0.05) is 17.8 Å². The predicted octanol–water partition coefficient (Wildman–Crippen LogP) is 1.83. The van der Waals surface area contributed by atoms with E-state index in [1.807, 2.05) is 0 Å². The summed E-state index contributed by atoms with van der Waals surface area (Å²) in [6.07, 6.45) is 1.42. The Bertz CT molecular complexity index is 926. The van der Waals surface area contributed by atoms with Crippen LogP contribution in [0.3, 0.4) is 0 Å². The van der Waals surface area contributed by atoms with Gasteiger partial charge in [0.1, 0.15) is 12.1 Å². The van der Waals surface area contributed by atoms with E-state index in [4.69, 9.17) is 4.74 Å². The summed E-state index contributed by atoms with van der Waals surface area (Å²) in [6, 6.07) is 10.6. The lowest BCUT2D eigenvalue weighted by atomic mass is 10.1. The number of hydrogen-bond acceptors (Lipinski definition) is 7. The Morgan fingerprint density at radius 2 is 2.12 bits per heavy atom. The zero-order valence-electron chi connectivity index (χ0n) is 13.0. The number of nitro benzene ring substituents is 1. The van der Waals surface area contributed by atoms with Crippen LogP contribution in [0, 0.1) is 10.1 Å². The fraction of sp³-hybridized carbons (Fsp3) is 0.0667. The van der Waals surface area contributed by atoms with Gasteiger partial charge in [-0.3, -0.25) is 14.9 Å². The predicted molar refractivity (Wildman–Crippen MR) is 86.8 cm³/mol. The molecule has 3 aromatic rings. The molecule has 1 N–H and O–H groups in total. The molecule has 0 saturated heterocycles. The number of methoxy groups -OCH3 is 1.